The predicted octanol–water partition coefficient (Wildman–Crippen LogP) is 0.310. The quantitative estimate of drug-likeness (QED) is 0.747. The standard InChI is InChI=1S/C15H20N4O3/c1-9-7-11(14(16)21)10-5-3-4-6-12(10)19(9)8-13(20)18-15(22)17-2/h3-6,9,11H,7-8H2,1-2H3,(H2,16,21)(H2,17,18,20,22)/t9-,11-/m1/s1. The first kappa shape index (κ1) is 15.8. The number of carbonyl (C=O) groups excluding carboxylic acids is 3. The molecule has 0 spiro atoms. The van der Waals surface area contributed by atoms with Crippen LogP contribution in [0.4, 0.5) is 10.5 Å². The normalized spacial score (nSPS) is 20.0. The topological polar surface area (TPSA) is 105 Å². The summed E-state index contributed by atoms with van der Waals surface area (Å²) in [6.45, 7) is 1.97. The van der Waals surface area contributed by atoms with E-state index in [2.05, 4.69) is 10.6 Å². The number of fused-ring (bicyclic) bond motifs is 1. The fourth-order valence-corrected chi connectivity index (χ4v) is 2.77. The van der Waals surface area contributed by atoms with Crippen molar-refractivity contribution >= 4 is 23.5 Å². The van der Waals surface area contributed by atoms with Gasteiger partial charge < -0.3 is 16.0 Å². The number of nitrogens with zero attached hydrogens (tertiary/aromatic N) is 1. The highest BCUT2D eigenvalue weighted by Crippen LogP contribution is 2.37. The molecule has 0 saturated heterocycles. The Balaban J connectivity index is 2.24. The van der Waals surface area contributed by atoms with Gasteiger partial charge in [0.05, 0.1) is 12.5 Å². The molecule has 0 saturated carbocycles. The molecule has 7 heteroatoms. The molecule has 0 bridgehead atoms. The van der Waals surface area contributed by atoms with Gasteiger partial charge in [-0.1, -0.05) is 18.2 Å². The van der Waals surface area contributed by atoms with Crippen LogP contribution in [0.3, 0.4) is 0 Å². The number of anilines is 1. The molecule has 0 aromatic heterocycles. The van der Waals surface area contributed by atoms with Crippen molar-refractivity contribution in [1.29, 1.82) is 0 Å². The molecule has 1 aliphatic rings. The van der Waals surface area contributed by atoms with E-state index in [1.165, 1.54) is 7.05 Å². The maximum atomic E-state index is 11.9. The summed E-state index contributed by atoms with van der Waals surface area (Å²) in [6.07, 6.45) is 0.541. The summed E-state index contributed by atoms with van der Waals surface area (Å²) < 4.78 is 0. The van der Waals surface area contributed by atoms with Gasteiger partial charge >= 0.3 is 6.03 Å². The van der Waals surface area contributed by atoms with Crippen LogP contribution in [0.1, 0.15) is 24.8 Å². The largest absolute Gasteiger partial charge is 0.369 e. The van der Waals surface area contributed by atoms with E-state index in [4.69, 9.17) is 5.73 Å². The van der Waals surface area contributed by atoms with Crippen LogP contribution in [0, 0.1) is 0 Å². The number of hydrogen-bond acceptors (Lipinski definition) is 4. The summed E-state index contributed by atoms with van der Waals surface area (Å²) in [4.78, 5) is 36.7. The summed E-state index contributed by atoms with van der Waals surface area (Å²) >= 11 is 0. The van der Waals surface area contributed by atoms with E-state index in [0.717, 1.165) is 11.3 Å². The first-order valence-electron chi connectivity index (χ1n) is 7.10. The van der Waals surface area contributed by atoms with Crippen molar-refractivity contribution in [2.45, 2.75) is 25.3 Å². The predicted molar refractivity (Wildman–Crippen MR) is 82.4 cm³/mol. The first-order valence-corrected chi connectivity index (χ1v) is 7.10. The van der Waals surface area contributed by atoms with Gasteiger partial charge in [0, 0.05) is 18.8 Å². The van der Waals surface area contributed by atoms with Crippen molar-refractivity contribution in [1.82, 2.24) is 10.6 Å². The molecule has 0 unspecified atom stereocenters. The average molecular weight is 304 g/mol. The lowest BCUT2D eigenvalue weighted by Gasteiger charge is -2.39. The molecular formula is C15H20N4O3. The number of nitrogens with two attached hydrogens (primary N) is 1. The molecule has 7 nitrogen and oxygen atoms in total. The Hall–Kier alpha value is -2.57. The molecule has 1 heterocycles. The van der Waals surface area contributed by atoms with E-state index in [9.17, 15) is 14.4 Å². The van der Waals surface area contributed by atoms with Crippen LogP contribution in [-0.2, 0) is 9.59 Å². The average Bonchev–Trinajstić information content (AvgIpc) is 2.49. The zero-order chi connectivity index (χ0) is 16.3. The second-order valence-electron chi connectivity index (χ2n) is 5.35. The molecule has 0 radical (unpaired) electrons. The summed E-state index contributed by atoms with van der Waals surface area (Å²) in [6, 6.07) is 6.81. The van der Waals surface area contributed by atoms with Crippen LogP contribution in [-0.4, -0.2) is 37.5 Å². The molecule has 2 atom stereocenters. The van der Waals surface area contributed by atoms with Gasteiger partial charge in [-0.25, -0.2) is 4.79 Å². The first-order chi connectivity index (χ1) is 10.4. The molecule has 2 rings (SSSR count). The molecule has 1 aliphatic heterocycles. The lowest BCUT2D eigenvalue weighted by Crippen LogP contribution is -2.48. The van der Waals surface area contributed by atoms with Crippen LogP contribution in [0.15, 0.2) is 24.3 Å². The Bertz CT molecular complexity index is 602. The number of urea groups is 1. The zero-order valence-electron chi connectivity index (χ0n) is 12.6. The van der Waals surface area contributed by atoms with E-state index in [0.29, 0.717) is 6.42 Å². The molecule has 22 heavy (non-hydrogen) atoms. The maximum Gasteiger partial charge on any atom is 0.321 e. The van der Waals surface area contributed by atoms with Crippen LogP contribution in [0.25, 0.3) is 0 Å². The number of primary amides is 1. The third kappa shape index (κ3) is 3.19. The number of para-hydroxylation sites is 1. The van der Waals surface area contributed by atoms with E-state index in [1.54, 1.807) is 0 Å². The summed E-state index contributed by atoms with van der Waals surface area (Å²) in [5.41, 5.74) is 7.11. The van der Waals surface area contributed by atoms with E-state index < -0.39 is 11.9 Å². The van der Waals surface area contributed by atoms with Gasteiger partial charge in [-0.15, -0.1) is 0 Å². The lowest BCUT2D eigenvalue weighted by molar-refractivity contribution is -0.119. The number of hydrogen-bond donors (Lipinski definition) is 3. The Labute approximate surface area is 128 Å². The Morgan fingerprint density at radius 1 is 1.32 bits per heavy atom. The van der Waals surface area contributed by atoms with Gasteiger partial charge in [-0.05, 0) is 25.0 Å². The number of carbonyl (C=O) groups is 3. The van der Waals surface area contributed by atoms with Crippen molar-refractivity contribution in [3.63, 3.8) is 0 Å². The van der Waals surface area contributed by atoms with Crippen molar-refractivity contribution in [2.24, 2.45) is 5.73 Å². The van der Waals surface area contributed by atoms with Gasteiger partial charge in [0.25, 0.3) is 0 Å². The summed E-state index contributed by atoms with van der Waals surface area (Å²) in [5, 5.41) is 4.57. The lowest BCUT2D eigenvalue weighted by atomic mass is 9.85. The molecule has 1 aromatic rings. The number of nitrogens with one attached hydrogen (secondary N) is 2. The van der Waals surface area contributed by atoms with Gasteiger partial charge in [0.1, 0.15) is 0 Å². The fourth-order valence-electron chi connectivity index (χ4n) is 2.77. The van der Waals surface area contributed by atoms with Crippen LogP contribution in [0.5, 0.6) is 0 Å². The van der Waals surface area contributed by atoms with E-state index >= 15 is 0 Å². The highest BCUT2D eigenvalue weighted by molar-refractivity contribution is 5.96. The minimum atomic E-state index is -0.544. The third-order valence-corrected chi connectivity index (χ3v) is 3.87. The fraction of sp³-hybridized carbons (Fsp3) is 0.400. The number of amides is 4. The molecule has 1 aromatic carbocycles. The molecule has 0 fully saturated rings. The molecule has 0 aliphatic carbocycles. The number of benzene rings is 1. The number of imide groups is 1. The minimum Gasteiger partial charge on any atom is -0.369 e. The Morgan fingerprint density at radius 2 is 2.00 bits per heavy atom. The molecular weight excluding hydrogens is 284 g/mol. The van der Waals surface area contributed by atoms with Gasteiger partial charge in [-0.3, -0.25) is 14.9 Å². The van der Waals surface area contributed by atoms with Crippen molar-refractivity contribution in [3.05, 3.63) is 29.8 Å². The highest BCUT2D eigenvalue weighted by Gasteiger charge is 2.33. The SMILES string of the molecule is CNC(=O)NC(=O)CN1c2ccccc2[C@H](C(N)=O)C[C@H]1C. The zero-order valence-corrected chi connectivity index (χ0v) is 12.6. The van der Waals surface area contributed by atoms with Gasteiger partial charge in [-0.2, -0.15) is 0 Å². The second-order valence-corrected chi connectivity index (χ2v) is 5.35. The van der Waals surface area contributed by atoms with Gasteiger partial charge in [0.15, 0.2) is 0 Å². The minimum absolute atomic E-state index is 0.0388. The van der Waals surface area contributed by atoms with Crippen LogP contribution < -0.4 is 21.3 Å². The Morgan fingerprint density at radius 3 is 2.64 bits per heavy atom. The van der Waals surface area contributed by atoms with Crippen molar-refractivity contribution in [2.75, 3.05) is 18.5 Å². The molecule has 4 amide bonds. The summed E-state index contributed by atoms with van der Waals surface area (Å²) in [7, 11) is 1.44. The van der Waals surface area contributed by atoms with E-state index in [1.807, 2.05) is 36.1 Å². The van der Waals surface area contributed by atoms with Gasteiger partial charge in [0.2, 0.25) is 11.8 Å². The number of rotatable bonds is 3. The third-order valence-electron chi connectivity index (χ3n) is 3.87. The Kier molecular flexibility index (Phi) is 4.65. The van der Waals surface area contributed by atoms with Crippen LogP contribution in [0.2, 0.25) is 0 Å². The maximum absolute atomic E-state index is 11.9. The summed E-state index contributed by atoms with van der Waals surface area (Å²) in [5.74, 6) is -1.13. The molecule has 4 N–H and O–H groups in total. The smallest absolute Gasteiger partial charge is 0.321 e. The second kappa shape index (κ2) is 6.46. The van der Waals surface area contributed by atoms with Crippen molar-refractivity contribution < 1.29 is 14.4 Å². The van der Waals surface area contributed by atoms with Crippen molar-refractivity contribution in [3.8, 4) is 0 Å². The van der Waals surface area contributed by atoms with Crippen LogP contribution >= 0.6 is 0 Å². The van der Waals surface area contributed by atoms with E-state index in [-0.39, 0.29) is 24.4 Å². The monoisotopic (exact) mass is 304 g/mol. The highest BCUT2D eigenvalue weighted by atomic mass is 16.2. The molecule has 118 valence electrons.